The predicted molar refractivity (Wildman–Crippen MR) is 141 cm³/mol. The minimum Gasteiger partial charge on any atom is -0.486 e. The SMILES string of the molecule is COC(=O)c1nc(C#CCN(C(=O)OCc2ccccc2)c2ccncc2)ccc1OCc1ccccc1. The van der Waals surface area contributed by atoms with Crippen molar-refractivity contribution in [2.75, 3.05) is 18.6 Å². The van der Waals surface area contributed by atoms with Gasteiger partial charge in [0.1, 0.15) is 18.9 Å². The van der Waals surface area contributed by atoms with E-state index < -0.39 is 12.1 Å². The lowest BCUT2D eigenvalue weighted by Gasteiger charge is -2.19. The minimum absolute atomic E-state index is 0.0171. The van der Waals surface area contributed by atoms with Gasteiger partial charge in [0.2, 0.25) is 0 Å². The Morgan fingerprint density at radius 1 is 0.842 bits per heavy atom. The second-order valence-electron chi connectivity index (χ2n) is 7.94. The maximum atomic E-state index is 12.9. The number of ether oxygens (including phenoxy) is 3. The number of benzene rings is 2. The summed E-state index contributed by atoms with van der Waals surface area (Å²) in [4.78, 5) is 35.0. The van der Waals surface area contributed by atoms with E-state index in [2.05, 4.69) is 21.8 Å². The average molecular weight is 508 g/mol. The lowest BCUT2D eigenvalue weighted by atomic mass is 10.2. The molecule has 0 fully saturated rings. The number of aromatic nitrogens is 2. The van der Waals surface area contributed by atoms with Gasteiger partial charge in [0.15, 0.2) is 11.4 Å². The van der Waals surface area contributed by atoms with Crippen molar-refractivity contribution in [3.8, 4) is 17.6 Å². The molecule has 0 aliphatic carbocycles. The summed E-state index contributed by atoms with van der Waals surface area (Å²) in [6.07, 6.45) is 2.61. The number of pyridine rings is 2. The third kappa shape index (κ3) is 7.18. The molecule has 190 valence electrons. The smallest absolute Gasteiger partial charge is 0.415 e. The van der Waals surface area contributed by atoms with E-state index in [4.69, 9.17) is 14.2 Å². The molecule has 2 aromatic carbocycles. The van der Waals surface area contributed by atoms with E-state index in [-0.39, 0.29) is 31.2 Å². The van der Waals surface area contributed by atoms with Crippen LogP contribution in [0.3, 0.4) is 0 Å². The highest BCUT2D eigenvalue weighted by molar-refractivity contribution is 5.90. The number of rotatable bonds is 8. The molecule has 0 bridgehead atoms. The van der Waals surface area contributed by atoms with Crippen molar-refractivity contribution >= 4 is 17.7 Å². The van der Waals surface area contributed by atoms with Crippen LogP contribution in [0.15, 0.2) is 97.3 Å². The van der Waals surface area contributed by atoms with Crippen LogP contribution in [0.25, 0.3) is 0 Å². The third-order valence-electron chi connectivity index (χ3n) is 5.33. The van der Waals surface area contributed by atoms with Gasteiger partial charge in [-0.25, -0.2) is 14.6 Å². The molecule has 8 heteroatoms. The molecule has 2 aromatic heterocycles. The van der Waals surface area contributed by atoms with Gasteiger partial charge < -0.3 is 14.2 Å². The van der Waals surface area contributed by atoms with Crippen molar-refractivity contribution in [1.29, 1.82) is 0 Å². The van der Waals surface area contributed by atoms with Crippen LogP contribution >= 0.6 is 0 Å². The normalized spacial score (nSPS) is 10.0. The molecule has 8 nitrogen and oxygen atoms in total. The standard InChI is InChI=1S/C30H25N3O5/c1-36-29(34)28-27(37-21-23-9-4-2-5-10-23)15-14-25(32-28)13-8-20-33(26-16-18-31-19-17-26)30(35)38-22-24-11-6-3-7-12-24/h2-7,9-12,14-19H,20-22H2,1H3. The number of carbonyl (C=O) groups is 2. The Bertz CT molecular complexity index is 1420. The molecule has 0 saturated heterocycles. The first kappa shape index (κ1) is 25.9. The number of methoxy groups -OCH3 is 1. The van der Waals surface area contributed by atoms with E-state index >= 15 is 0 Å². The number of carbonyl (C=O) groups excluding carboxylic acids is 2. The zero-order valence-corrected chi connectivity index (χ0v) is 20.7. The summed E-state index contributed by atoms with van der Waals surface area (Å²) in [5.41, 5.74) is 2.74. The van der Waals surface area contributed by atoms with Crippen LogP contribution in [0.4, 0.5) is 10.5 Å². The number of hydrogen-bond donors (Lipinski definition) is 0. The Morgan fingerprint density at radius 3 is 2.16 bits per heavy atom. The first-order valence-corrected chi connectivity index (χ1v) is 11.8. The molecule has 4 aromatic rings. The zero-order valence-electron chi connectivity index (χ0n) is 20.7. The molecule has 1 amide bonds. The monoisotopic (exact) mass is 507 g/mol. The van der Waals surface area contributed by atoms with Crippen LogP contribution in [-0.2, 0) is 22.7 Å². The maximum absolute atomic E-state index is 12.9. The average Bonchev–Trinajstić information content (AvgIpc) is 2.98. The number of hydrogen-bond acceptors (Lipinski definition) is 7. The van der Waals surface area contributed by atoms with Crippen LogP contribution in [0.1, 0.15) is 27.3 Å². The molecule has 4 rings (SSSR count). The Labute approximate surface area is 220 Å². The second kappa shape index (κ2) is 13.2. The first-order chi connectivity index (χ1) is 18.6. The quantitative estimate of drug-likeness (QED) is 0.244. The molecule has 0 unspecified atom stereocenters. The van der Waals surface area contributed by atoms with E-state index in [0.717, 1.165) is 11.1 Å². The zero-order chi connectivity index (χ0) is 26.6. The Morgan fingerprint density at radius 2 is 1.50 bits per heavy atom. The van der Waals surface area contributed by atoms with E-state index in [1.54, 1.807) is 36.7 Å². The van der Waals surface area contributed by atoms with E-state index in [1.165, 1.54) is 12.0 Å². The lowest BCUT2D eigenvalue weighted by Crippen LogP contribution is -2.31. The fourth-order valence-corrected chi connectivity index (χ4v) is 3.40. The van der Waals surface area contributed by atoms with E-state index in [9.17, 15) is 9.59 Å². The highest BCUT2D eigenvalue weighted by Crippen LogP contribution is 2.20. The fourth-order valence-electron chi connectivity index (χ4n) is 3.40. The summed E-state index contributed by atoms with van der Waals surface area (Å²) in [5, 5.41) is 0. The highest BCUT2D eigenvalue weighted by atomic mass is 16.6. The van der Waals surface area contributed by atoms with Gasteiger partial charge in [-0.15, -0.1) is 0 Å². The molecule has 2 heterocycles. The van der Waals surface area contributed by atoms with Gasteiger partial charge in [0, 0.05) is 12.4 Å². The van der Waals surface area contributed by atoms with Crippen LogP contribution < -0.4 is 9.64 Å². The van der Waals surface area contributed by atoms with Gasteiger partial charge in [-0.05, 0) is 41.3 Å². The van der Waals surface area contributed by atoms with Crippen LogP contribution in [-0.4, -0.2) is 35.7 Å². The Balaban J connectivity index is 1.49. The van der Waals surface area contributed by atoms with Crippen LogP contribution in [0.5, 0.6) is 5.75 Å². The van der Waals surface area contributed by atoms with Gasteiger partial charge in [0.25, 0.3) is 0 Å². The third-order valence-corrected chi connectivity index (χ3v) is 5.33. The Hall–Kier alpha value is -5.16. The maximum Gasteiger partial charge on any atom is 0.415 e. The summed E-state index contributed by atoms with van der Waals surface area (Å²) >= 11 is 0. The molecule has 0 aliphatic rings. The van der Waals surface area contributed by atoms with E-state index in [1.807, 2.05) is 60.7 Å². The Kier molecular flexibility index (Phi) is 9.03. The topological polar surface area (TPSA) is 90.9 Å². The number of anilines is 1. The van der Waals surface area contributed by atoms with Crippen molar-refractivity contribution in [2.24, 2.45) is 0 Å². The number of amides is 1. The van der Waals surface area contributed by atoms with Gasteiger partial charge >= 0.3 is 12.1 Å². The summed E-state index contributed by atoms with van der Waals surface area (Å²) < 4.78 is 16.2. The van der Waals surface area contributed by atoms with Crippen molar-refractivity contribution in [3.05, 3.63) is 120 Å². The fraction of sp³-hybridized carbons (Fsp3) is 0.133. The molecular formula is C30H25N3O5. The van der Waals surface area contributed by atoms with Gasteiger partial charge in [-0.3, -0.25) is 9.88 Å². The predicted octanol–water partition coefficient (Wildman–Crippen LogP) is 5.04. The minimum atomic E-state index is -0.639. The highest BCUT2D eigenvalue weighted by Gasteiger charge is 2.18. The van der Waals surface area contributed by atoms with Gasteiger partial charge in [0.05, 0.1) is 19.3 Å². The van der Waals surface area contributed by atoms with Gasteiger partial charge in [-0.1, -0.05) is 66.6 Å². The number of esters is 1. The van der Waals surface area contributed by atoms with Crippen molar-refractivity contribution < 1.29 is 23.8 Å². The van der Waals surface area contributed by atoms with Gasteiger partial charge in [-0.2, -0.15) is 0 Å². The first-order valence-electron chi connectivity index (χ1n) is 11.8. The molecule has 38 heavy (non-hydrogen) atoms. The molecule has 0 saturated carbocycles. The second-order valence-corrected chi connectivity index (χ2v) is 7.94. The summed E-state index contributed by atoms with van der Waals surface area (Å²) in [7, 11) is 1.27. The molecule has 0 spiro atoms. The van der Waals surface area contributed by atoms with Crippen molar-refractivity contribution in [3.63, 3.8) is 0 Å². The van der Waals surface area contributed by atoms with Crippen molar-refractivity contribution in [2.45, 2.75) is 13.2 Å². The molecule has 0 radical (unpaired) electrons. The largest absolute Gasteiger partial charge is 0.486 e. The summed E-state index contributed by atoms with van der Waals surface area (Å²) in [5.74, 6) is 5.49. The van der Waals surface area contributed by atoms with E-state index in [0.29, 0.717) is 11.4 Å². The molecule has 0 N–H and O–H groups in total. The summed E-state index contributed by atoms with van der Waals surface area (Å²) in [6, 6.07) is 25.6. The summed E-state index contributed by atoms with van der Waals surface area (Å²) in [6.45, 7) is 0.422. The van der Waals surface area contributed by atoms with Crippen LogP contribution in [0.2, 0.25) is 0 Å². The van der Waals surface area contributed by atoms with Crippen LogP contribution in [0, 0.1) is 11.8 Å². The molecule has 0 aliphatic heterocycles. The molecular weight excluding hydrogens is 482 g/mol. The lowest BCUT2D eigenvalue weighted by molar-refractivity contribution is 0.0588. The molecule has 0 atom stereocenters. The number of nitrogens with zero attached hydrogens (tertiary/aromatic N) is 3. The van der Waals surface area contributed by atoms with Crippen molar-refractivity contribution in [1.82, 2.24) is 9.97 Å².